The van der Waals surface area contributed by atoms with E-state index in [0.29, 0.717) is 11.8 Å². The molecule has 3 heterocycles. The van der Waals surface area contributed by atoms with Gasteiger partial charge in [0.1, 0.15) is 0 Å². The van der Waals surface area contributed by atoms with E-state index in [1.54, 1.807) is 0 Å². The molecular weight excluding hydrogens is 286 g/mol. The molecule has 0 spiro atoms. The molecule has 0 bridgehead atoms. The van der Waals surface area contributed by atoms with E-state index in [9.17, 15) is 5.11 Å². The van der Waals surface area contributed by atoms with Crippen molar-refractivity contribution >= 4 is 10.9 Å². The van der Waals surface area contributed by atoms with Crippen LogP contribution in [0.5, 0.6) is 0 Å². The molecule has 3 aromatic rings. The number of aliphatic hydroxyl groups is 1. The molecule has 0 amide bonds. The molecule has 0 aliphatic carbocycles. The third-order valence-electron chi connectivity index (χ3n) is 4.96. The number of hydrogen-bond donors (Lipinski definition) is 2. The van der Waals surface area contributed by atoms with Gasteiger partial charge in [-0.2, -0.15) is 0 Å². The van der Waals surface area contributed by atoms with E-state index in [4.69, 9.17) is 0 Å². The van der Waals surface area contributed by atoms with E-state index in [1.165, 1.54) is 22.0 Å². The standard InChI is InChI=1S/C19H21N3O/c23-13-16-11-22(12-18(16)14-4-7-20-8-5-14)10-15-2-1-3-19-17(15)6-9-21-19/h1-9,16,18,21,23H,10-13H2/t16-,18-/m0/s1. The average molecular weight is 307 g/mol. The highest BCUT2D eigenvalue weighted by molar-refractivity contribution is 5.82. The Balaban J connectivity index is 1.56. The summed E-state index contributed by atoms with van der Waals surface area (Å²) in [6.07, 6.45) is 5.67. The third kappa shape index (κ3) is 2.76. The highest BCUT2D eigenvalue weighted by atomic mass is 16.3. The van der Waals surface area contributed by atoms with Crippen molar-refractivity contribution in [1.82, 2.24) is 14.9 Å². The highest BCUT2D eigenvalue weighted by Crippen LogP contribution is 2.33. The lowest BCUT2D eigenvalue weighted by Gasteiger charge is -2.17. The van der Waals surface area contributed by atoms with Crippen LogP contribution in [0.25, 0.3) is 10.9 Å². The van der Waals surface area contributed by atoms with Gasteiger partial charge in [0.05, 0.1) is 0 Å². The first-order valence-electron chi connectivity index (χ1n) is 8.13. The van der Waals surface area contributed by atoms with Crippen LogP contribution in [0, 0.1) is 5.92 Å². The lowest BCUT2D eigenvalue weighted by Crippen LogP contribution is -2.21. The Morgan fingerprint density at radius 1 is 1.13 bits per heavy atom. The molecule has 118 valence electrons. The molecule has 1 fully saturated rings. The molecule has 2 N–H and O–H groups in total. The van der Waals surface area contributed by atoms with Gasteiger partial charge in [-0.1, -0.05) is 12.1 Å². The van der Waals surface area contributed by atoms with E-state index in [-0.39, 0.29) is 6.61 Å². The number of hydrogen-bond acceptors (Lipinski definition) is 3. The fourth-order valence-corrected chi connectivity index (χ4v) is 3.79. The van der Waals surface area contributed by atoms with E-state index in [1.807, 2.05) is 18.6 Å². The largest absolute Gasteiger partial charge is 0.396 e. The monoisotopic (exact) mass is 307 g/mol. The minimum absolute atomic E-state index is 0.234. The molecule has 0 radical (unpaired) electrons. The number of aliphatic hydroxyl groups excluding tert-OH is 1. The van der Waals surface area contributed by atoms with E-state index in [2.05, 4.69) is 51.3 Å². The van der Waals surface area contributed by atoms with Gasteiger partial charge in [0.25, 0.3) is 0 Å². The molecule has 0 unspecified atom stereocenters. The molecule has 2 aromatic heterocycles. The van der Waals surface area contributed by atoms with Gasteiger partial charge in [-0.25, -0.2) is 0 Å². The number of fused-ring (bicyclic) bond motifs is 1. The second-order valence-electron chi connectivity index (χ2n) is 6.38. The molecule has 1 aliphatic rings. The number of nitrogens with zero attached hydrogens (tertiary/aromatic N) is 2. The van der Waals surface area contributed by atoms with E-state index >= 15 is 0 Å². The Kier molecular flexibility index (Phi) is 3.85. The predicted octanol–water partition coefficient (Wildman–Crippen LogP) is 2.77. The summed E-state index contributed by atoms with van der Waals surface area (Å²) >= 11 is 0. The van der Waals surface area contributed by atoms with Crippen LogP contribution < -0.4 is 0 Å². The van der Waals surface area contributed by atoms with Crippen LogP contribution in [-0.4, -0.2) is 39.7 Å². The van der Waals surface area contributed by atoms with Crippen molar-refractivity contribution in [3.63, 3.8) is 0 Å². The normalized spacial score (nSPS) is 22.0. The number of likely N-dealkylation sites (tertiary alicyclic amines) is 1. The van der Waals surface area contributed by atoms with Crippen molar-refractivity contribution in [1.29, 1.82) is 0 Å². The smallest absolute Gasteiger partial charge is 0.0477 e. The molecule has 1 aliphatic heterocycles. The summed E-state index contributed by atoms with van der Waals surface area (Å²) in [6.45, 7) is 3.07. The first kappa shape index (κ1) is 14.4. The maximum absolute atomic E-state index is 9.77. The predicted molar refractivity (Wildman–Crippen MR) is 91.1 cm³/mol. The fourth-order valence-electron chi connectivity index (χ4n) is 3.79. The summed E-state index contributed by atoms with van der Waals surface area (Å²) in [4.78, 5) is 9.83. The van der Waals surface area contributed by atoms with Gasteiger partial charge in [-0.05, 0) is 35.4 Å². The summed E-state index contributed by atoms with van der Waals surface area (Å²) < 4.78 is 0. The van der Waals surface area contributed by atoms with Gasteiger partial charge in [0.15, 0.2) is 0 Å². The van der Waals surface area contributed by atoms with Crippen molar-refractivity contribution in [2.45, 2.75) is 12.5 Å². The lowest BCUT2D eigenvalue weighted by molar-refractivity contribution is 0.214. The number of aromatic amines is 1. The number of aromatic nitrogens is 2. The van der Waals surface area contributed by atoms with Crippen molar-refractivity contribution in [2.75, 3.05) is 19.7 Å². The number of H-pyrrole nitrogens is 1. The topological polar surface area (TPSA) is 52.1 Å². The molecular formula is C19H21N3O. The fraction of sp³-hybridized carbons (Fsp3) is 0.316. The van der Waals surface area contributed by atoms with Crippen LogP contribution in [0.3, 0.4) is 0 Å². The van der Waals surface area contributed by atoms with Crippen LogP contribution >= 0.6 is 0 Å². The van der Waals surface area contributed by atoms with Gasteiger partial charge in [0.2, 0.25) is 0 Å². The molecule has 1 aromatic carbocycles. The molecule has 2 atom stereocenters. The van der Waals surface area contributed by atoms with Crippen molar-refractivity contribution < 1.29 is 5.11 Å². The van der Waals surface area contributed by atoms with E-state index < -0.39 is 0 Å². The zero-order valence-electron chi connectivity index (χ0n) is 13.0. The maximum atomic E-state index is 9.77. The van der Waals surface area contributed by atoms with Gasteiger partial charge >= 0.3 is 0 Å². The summed E-state index contributed by atoms with van der Waals surface area (Å²) in [5.41, 5.74) is 3.81. The van der Waals surface area contributed by atoms with E-state index in [0.717, 1.165) is 19.6 Å². The van der Waals surface area contributed by atoms with Crippen molar-refractivity contribution in [3.05, 3.63) is 66.1 Å². The lowest BCUT2D eigenvalue weighted by atomic mass is 9.90. The molecule has 4 nitrogen and oxygen atoms in total. The van der Waals surface area contributed by atoms with Gasteiger partial charge in [0, 0.05) is 67.6 Å². The summed E-state index contributed by atoms with van der Waals surface area (Å²) in [7, 11) is 0. The second-order valence-corrected chi connectivity index (χ2v) is 6.38. The zero-order valence-corrected chi connectivity index (χ0v) is 13.0. The second kappa shape index (κ2) is 6.14. The van der Waals surface area contributed by atoms with Crippen LogP contribution in [-0.2, 0) is 6.54 Å². The molecule has 0 saturated carbocycles. The van der Waals surface area contributed by atoms with Crippen molar-refractivity contribution in [3.8, 4) is 0 Å². The Morgan fingerprint density at radius 2 is 2.00 bits per heavy atom. The number of nitrogens with one attached hydrogen (secondary N) is 1. The van der Waals surface area contributed by atoms with Gasteiger partial charge < -0.3 is 10.1 Å². The SMILES string of the molecule is OC[C@@H]1CN(Cc2cccc3[nH]ccc23)C[C@H]1c1ccncc1. The first-order valence-corrected chi connectivity index (χ1v) is 8.13. The van der Waals surface area contributed by atoms with Crippen LogP contribution in [0.1, 0.15) is 17.0 Å². The first-order chi connectivity index (χ1) is 11.3. The van der Waals surface area contributed by atoms with Crippen LogP contribution in [0.4, 0.5) is 0 Å². The average Bonchev–Trinajstić information content (AvgIpc) is 3.22. The number of pyridine rings is 1. The zero-order chi connectivity index (χ0) is 15.6. The molecule has 4 rings (SSSR count). The van der Waals surface area contributed by atoms with Gasteiger partial charge in [-0.15, -0.1) is 0 Å². The third-order valence-corrected chi connectivity index (χ3v) is 4.96. The molecule has 4 heteroatoms. The maximum Gasteiger partial charge on any atom is 0.0477 e. The summed E-state index contributed by atoms with van der Waals surface area (Å²) in [5, 5.41) is 11.1. The number of benzene rings is 1. The molecule has 23 heavy (non-hydrogen) atoms. The highest BCUT2D eigenvalue weighted by Gasteiger charge is 2.33. The van der Waals surface area contributed by atoms with Crippen LogP contribution in [0.15, 0.2) is 55.0 Å². The number of rotatable bonds is 4. The minimum atomic E-state index is 0.234. The van der Waals surface area contributed by atoms with Crippen LogP contribution in [0.2, 0.25) is 0 Å². The van der Waals surface area contributed by atoms with Crippen molar-refractivity contribution in [2.24, 2.45) is 5.92 Å². The minimum Gasteiger partial charge on any atom is -0.396 e. The quantitative estimate of drug-likeness (QED) is 0.779. The summed E-state index contributed by atoms with van der Waals surface area (Å²) in [6, 6.07) is 12.7. The Bertz CT molecular complexity index is 783. The Labute approximate surface area is 135 Å². The Morgan fingerprint density at radius 3 is 2.83 bits per heavy atom. The molecule has 1 saturated heterocycles. The summed E-state index contributed by atoms with van der Waals surface area (Å²) in [5.74, 6) is 0.677. The Hall–Kier alpha value is -2.17. The van der Waals surface area contributed by atoms with Gasteiger partial charge in [-0.3, -0.25) is 9.88 Å².